The maximum absolute atomic E-state index is 13.8. The molecule has 0 bridgehead atoms. The van der Waals surface area contributed by atoms with E-state index >= 15 is 0 Å². The summed E-state index contributed by atoms with van der Waals surface area (Å²) in [7, 11) is 0. The molecule has 2 aromatic rings. The number of phenols is 1. The number of carbonyl (C=O) groups excluding carboxylic acids is 3. The van der Waals surface area contributed by atoms with E-state index in [1.165, 1.54) is 12.1 Å². The number of aliphatic hydroxyl groups excluding tert-OH is 3. The highest BCUT2D eigenvalue weighted by Gasteiger charge is 2.67. The van der Waals surface area contributed by atoms with Crippen molar-refractivity contribution in [3.05, 3.63) is 69.8 Å². The van der Waals surface area contributed by atoms with Crippen molar-refractivity contribution in [3.63, 3.8) is 0 Å². The molecular formula is C26H22ClNO8. The first kappa shape index (κ1) is 24.2. The van der Waals surface area contributed by atoms with Crippen molar-refractivity contribution >= 4 is 46.5 Å². The lowest BCUT2D eigenvalue weighted by atomic mass is 9.54. The first-order valence-corrected chi connectivity index (χ1v) is 11.6. The third-order valence-corrected chi connectivity index (χ3v) is 7.62. The average Bonchev–Trinajstić information content (AvgIpc) is 2.81. The lowest BCUT2D eigenvalue weighted by Gasteiger charge is -2.51. The zero-order chi connectivity index (χ0) is 26.1. The Kier molecular flexibility index (Phi) is 5.57. The minimum Gasteiger partial charge on any atom is -0.507 e. The van der Waals surface area contributed by atoms with E-state index in [0.29, 0.717) is 21.7 Å². The van der Waals surface area contributed by atoms with Gasteiger partial charge in [0.15, 0.2) is 11.4 Å². The van der Waals surface area contributed by atoms with Gasteiger partial charge in [0.2, 0.25) is 11.7 Å². The highest BCUT2D eigenvalue weighted by Crippen LogP contribution is 2.55. The molecule has 1 amide bonds. The van der Waals surface area contributed by atoms with Crippen LogP contribution in [-0.2, 0) is 14.4 Å². The standard InChI is InChI=1S/C26H22ClNO8/c27-11-4-1-3-10(7-11)8-13-12-5-2-6-15(29)17(12)22(32)20-18(13)21(31)14-9-16(30)19(25(28)35)23(33)26(14,36)24(20)34/h1-8,14,16,18-19,21,29-32,36H,9H2,(H2,28,35)/b13-8+/t14-,16?,18-,19?,21-,26-/m1/s1. The molecule has 10 heteroatoms. The summed E-state index contributed by atoms with van der Waals surface area (Å²) >= 11 is 6.12. The molecule has 0 heterocycles. The smallest absolute Gasteiger partial charge is 0.230 e. The zero-order valence-electron chi connectivity index (χ0n) is 18.6. The first-order valence-electron chi connectivity index (χ1n) is 11.2. The number of nitrogens with two attached hydrogens (primary N) is 1. The van der Waals surface area contributed by atoms with Crippen LogP contribution in [0.5, 0.6) is 5.75 Å². The second-order valence-electron chi connectivity index (χ2n) is 9.33. The van der Waals surface area contributed by atoms with Gasteiger partial charge in [-0.2, -0.15) is 0 Å². The normalized spacial score (nSPS) is 32.7. The molecule has 2 unspecified atom stereocenters. The number of hydrogen-bond donors (Lipinski definition) is 6. The summed E-state index contributed by atoms with van der Waals surface area (Å²) in [4.78, 5) is 38.8. The van der Waals surface area contributed by atoms with Gasteiger partial charge in [-0.25, -0.2) is 0 Å². The molecule has 36 heavy (non-hydrogen) atoms. The summed E-state index contributed by atoms with van der Waals surface area (Å²) in [5.41, 5.74) is 2.95. The number of primary amides is 1. The molecule has 186 valence electrons. The van der Waals surface area contributed by atoms with E-state index in [-0.39, 0.29) is 11.3 Å². The predicted molar refractivity (Wildman–Crippen MR) is 128 cm³/mol. The summed E-state index contributed by atoms with van der Waals surface area (Å²) < 4.78 is 0. The molecule has 6 atom stereocenters. The monoisotopic (exact) mass is 511 g/mol. The predicted octanol–water partition coefficient (Wildman–Crippen LogP) is 1.21. The van der Waals surface area contributed by atoms with Gasteiger partial charge in [0.05, 0.1) is 23.3 Å². The molecule has 3 aliphatic carbocycles. The average molecular weight is 512 g/mol. The fourth-order valence-corrected chi connectivity index (χ4v) is 5.96. The van der Waals surface area contributed by atoms with Crippen LogP contribution in [-0.4, -0.2) is 60.8 Å². The van der Waals surface area contributed by atoms with Crippen LogP contribution in [0.1, 0.15) is 23.1 Å². The van der Waals surface area contributed by atoms with Gasteiger partial charge in [0, 0.05) is 16.9 Å². The van der Waals surface area contributed by atoms with Crippen LogP contribution in [0.4, 0.5) is 0 Å². The number of Topliss-reactive ketones (excluding diaryl/α,β-unsaturated/α-hetero) is 2. The number of aromatic hydroxyl groups is 1. The van der Waals surface area contributed by atoms with Crippen LogP contribution in [0.2, 0.25) is 5.02 Å². The van der Waals surface area contributed by atoms with E-state index in [9.17, 15) is 39.9 Å². The van der Waals surface area contributed by atoms with Crippen molar-refractivity contribution in [3.8, 4) is 5.75 Å². The fourth-order valence-electron chi connectivity index (χ4n) is 5.77. The molecule has 7 N–H and O–H groups in total. The number of ketones is 2. The summed E-state index contributed by atoms with van der Waals surface area (Å²) in [6, 6.07) is 11.1. The van der Waals surface area contributed by atoms with Crippen LogP contribution >= 0.6 is 11.6 Å². The number of fused-ring (bicyclic) bond motifs is 3. The van der Waals surface area contributed by atoms with Crippen LogP contribution in [0, 0.1) is 17.8 Å². The second-order valence-corrected chi connectivity index (χ2v) is 9.77. The number of amides is 1. The van der Waals surface area contributed by atoms with Gasteiger partial charge < -0.3 is 31.3 Å². The summed E-state index contributed by atoms with van der Waals surface area (Å²) in [6.45, 7) is 0. The molecule has 3 aliphatic rings. The first-order chi connectivity index (χ1) is 17.0. The number of rotatable bonds is 2. The van der Waals surface area contributed by atoms with Gasteiger partial charge in [0.1, 0.15) is 17.4 Å². The Balaban J connectivity index is 1.78. The Hall–Kier alpha value is -3.50. The number of carbonyl (C=O) groups is 3. The minimum atomic E-state index is -2.92. The summed E-state index contributed by atoms with van der Waals surface area (Å²) in [5.74, 6) is -9.47. The Bertz CT molecular complexity index is 1400. The van der Waals surface area contributed by atoms with Gasteiger partial charge in [0.25, 0.3) is 0 Å². The third kappa shape index (κ3) is 3.24. The molecule has 0 spiro atoms. The molecule has 2 aromatic carbocycles. The van der Waals surface area contributed by atoms with Crippen LogP contribution < -0.4 is 5.73 Å². The summed E-state index contributed by atoms with van der Waals surface area (Å²) in [6.07, 6.45) is -2.11. The molecule has 2 saturated carbocycles. The number of phenolic OH excluding ortho intramolecular Hbond substituents is 1. The van der Waals surface area contributed by atoms with Gasteiger partial charge >= 0.3 is 0 Å². The van der Waals surface area contributed by atoms with E-state index in [2.05, 4.69) is 0 Å². The molecule has 0 aromatic heterocycles. The molecule has 0 saturated heterocycles. The van der Waals surface area contributed by atoms with E-state index in [1.54, 1.807) is 36.4 Å². The molecular weight excluding hydrogens is 490 g/mol. The van der Waals surface area contributed by atoms with Crippen molar-refractivity contribution in [2.75, 3.05) is 0 Å². The van der Waals surface area contributed by atoms with Crippen molar-refractivity contribution in [2.24, 2.45) is 23.5 Å². The number of aliphatic hydroxyl groups is 4. The van der Waals surface area contributed by atoms with Crippen LogP contribution in [0.3, 0.4) is 0 Å². The van der Waals surface area contributed by atoms with E-state index in [1.807, 2.05) is 0 Å². The topological polar surface area (TPSA) is 178 Å². The van der Waals surface area contributed by atoms with Crippen molar-refractivity contribution in [1.82, 2.24) is 0 Å². The van der Waals surface area contributed by atoms with E-state index in [4.69, 9.17) is 17.3 Å². The van der Waals surface area contributed by atoms with Gasteiger partial charge in [-0.15, -0.1) is 0 Å². The maximum atomic E-state index is 13.8. The number of hydrogen-bond acceptors (Lipinski definition) is 8. The van der Waals surface area contributed by atoms with Crippen molar-refractivity contribution < 1.29 is 39.9 Å². The lowest BCUT2D eigenvalue weighted by molar-refractivity contribution is -0.184. The molecule has 0 radical (unpaired) electrons. The second kappa shape index (κ2) is 8.28. The molecule has 2 fully saturated rings. The zero-order valence-corrected chi connectivity index (χ0v) is 19.4. The summed E-state index contributed by atoms with van der Waals surface area (Å²) in [5, 5.41) is 55.5. The third-order valence-electron chi connectivity index (χ3n) is 7.39. The van der Waals surface area contributed by atoms with Crippen molar-refractivity contribution in [2.45, 2.75) is 24.2 Å². The Morgan fingerprint density at radius 2 is 1.81 bits per heavy atom. The van der Waals surface area contributed by atoms with Crippen LogP contribution in [0.25, 0.3) is 17.4 Å². The van der Waals surface area contributed by atoms with Gasteiger partial charge in [-0.3, -0.25) is 14.4 Å². The van der Waals surface area contributed by atoms with Gasteiger partial charge in [-0.1, -0.05) is 41.9 Å². The fraction of sp³-hybridized carbons (Fsp3) is 0.269. The quantitative estimate of drug-likeness (QED) is 0.326. The highest BCUT2D eigenvalue weighted by molar-refractivity contribution is 6.30. The minimum absolute atomic E-state index is 0.116. The van der Waals surface area contributed by atoms with E-state index < -0.39 is 70.8 Å². The Morgan fingerprint density at radius 1 is 1.11 bits per heavy atom. The number of halogens is 1. The largest absolute Gasteiger partial charge is 0.507 e. The lowest BCUT2D eigenvalue weighted by Crippen LogP contribution is -2.70. The van der Waals surface area contributed by atoms with Crippen molar-refractivity contribution in [1.29, 1.82) is 0 Å². The Labute approximate surface area is 209 Å². The SMILES string of the molecule is NC(=O)C1C(=O)[C@@]2(O)C(=O)C3=C(O)c4c(O)cccc4/C(=C\c4cccc(Cl)c4)[C@H]3[C@H](O)[C@H]2CC1O. The molecule has 5 rings (SSSR count). The van der Waals surface area contributed by atoms with Gasteiger partial charge in [-0.05, 0) is 41.3 Å². The number of benzene rings is 2. The Morgan fingerprint density at radius 3 is 2.47 bits per heavy atom. The molecule has 0 aliphatic heterocycles. The maximum Gasteiger partial charge on any atom is 0.230 e. The molecule has 9 nitrogen and oxygen atoms in total. The van der Waals surface area contributed by atoms with Crippen LogP contribution in [0.15, 0.2) is 48.0 Å². The van der Waals surface area contributed by atoms with E-state index in [0.717, 1.165) is 0 Å². The highest BCUT2D eigenvalue weighted by atomic mass is 35.5.